The van der Waals surface area contributed by atoms with Crippen molar-refractivity contribution in [3.8, 4) is 11.5 Å². The van der Waals surface area contributed by atoms with Crippen LogP contribution in [0.2, 0.25) is 0 Å². The molecule has 3 rings (SSSR count). The largest absolute Gasteiger partial charge is 0.460 e. The van der Waals surface area contributed by atoms with E-state index in [-0.39, 0.29) is 0 Å². The Morgan fingerprint density at radius 3 is 2.77 bits per heavy atom. The molecule has 3 N–H and O–H groups in total. The van der Waals surface area contributed by atoms with E-state index in [4.69, 9.17) is 4.42 Å². The van der Waals surface area contributed by atoms with Crippen LogP contribution in [0.3, 0.4) is 0 Å². The average molecular weight is 297 g/mol. The first-order chi connectivity index (χ1) is 10.7. The molecule has 5 nitrogen and oxygen atoms in total. The zero-order valence-electron chi connectivity index (χ0n) is 12.4. The van der Waals surface area contributed by atoms with Gasteiger partial charge in [0.2, 0.25) is 0 Å². The molecule has 2 heterocycles. The fraction of sp³-hybridized carbons (Fsp3) is 0.235. The molecule has 1 aromatic carbocycles. The molecular weight excluding hydrogens is 278 g/mol. The topological polar surface area (TPSA) is 74.1 Å². The third kappa shape index (κ3) is 3.27. The second-order valence-electron chi connectivity index (χ2n) is 5.24. The number of nitrogens with one attached hydrogen (secondary N) is 2. The van der Waals surface area contributed by atoms with E-state index in [1.807, 2.05) is 49.4 Å². The first kappa shape index (κ1) is 14.6. The number of aliphatic hydroxyl groups is 1. The van der Waals surface area contributed by atoms with Crippen LogP contribution in [0.4, 0.5) is 0 Å². The lowest BCUT2D eigenvalue weighted by Crippen LogP contribution is -2.21. The summed E-state index contributed by atoms with van der Waals surface area (Å²) in [5.74, 6) is 1.64. The van der Waals surface area contributed by atoms with Gasteiger partial charge in [-0.3, -0.25) is 5.10 Å². The number of H-pyrrole nitrogens is 1. The molecule has 1 atom stereocenters. The lowest BCUT2D eigenvalue weighted by Gasteiger charge is -2.12. The van der Waals surface area contributed by atoms with E-state index in [1.165, 1.54) is 0 Å². The van der Waals surface area contributed by atoms with Gasteiger partial charge in [0.25, 0.3) is 0 Å². The lowest BCUT2D eigenvalue weighted by atomic mass is 10.1. The van der Waals surface area contributed by atoms with Gasteiger partial charge in [0.15, 0.2) is 5.76 Å². The highest BCUT2D eigenvalue weighted by Crippen LogP contribution is 2.23. The summed E-state index contributed by atoms with van der Waals surface area (Å²) in [4.78, 5) is 0. The Balaban J connectivity index is 1.60. The number of nitrogens with zero attached hydrogens (tertiary/aromatic N) is 1. The number of furan rings is 1. The van der Waals surface area contributed by atoms with E-state index in [9.17, 15) is 5.11 Å². The maximum atomic E-state index is 10.1. The van der Waals surface area contributed by atoms with Gasteiger partial charge in [-0.05, 0) is 24.6 Å². The molecule has 0 radical (unpaired) electrons. The Bertz CT molecular complexity index is 718. The maximum Gasteiger partial charge on any atom is 0.152 e. The van der Waals surface area contributed by atoms with Crippen molar-refractivity contribution in [3.05, 3.63) is 65.5 Å². The van der Waals surface area contributed by atoms with E-state index in [0.717, 1.165) is 28.3 Å². The standard InChI is InChI=1S/C17H19N3O2/c1-12-7-8-16(22-12)17-14(10-19-20-17)9-18-11-15(21)13-5-3-2-4-6-13/h2-8,10,15,18,21H,9,11H2,1H3,(H,19,20)/t15-/m1/s1. The minimum atomic E-state index is -0.526. The molecule has 0 saturated carbocycles. The highest BCUT2D eigenvalue weighted by molar-refractivity contribution is 5.56. The quantitative estimate of drug-likeness (QED) is 0.654. The first-order valence-electron chi connectivity index (χ1n) is 7.27. The van der Waals surface area contributed by atoms with Gasteiger partial charge in [-0.2, -0.15) is 5.10 Å². The van der Waals surface area contributed by atoms with Crippen molar-refractivity contribution in [1.29, 1.82) is 0 Å². The predicted octanol–water partition coefficient (Wildman–Crippen LogP) is 2.80. The number of aromatic nitrogens is 2. The number of rotatable bonds is 6. The Morgan fingerprint density at radius 2 is 2.05 bits per heavy atom. The molecule has 0 fully saturated rings. The van der Waals surface area contributed by atoms with Gasteiger partial charge in [-0.15, -0.1) is 0 Å². The molecule has 0 aliphatic carbocycles. The van der Waals surface area contributed by atoms with Crippen molar-refractivity contribution in [1.82, 2.24) is 15.5 Å². The van der Waals surface area contributed by atoms with Crippen molar-refractivity contribution in [2.45, 2.75) is 19.6 Å². The van der Waals surface area contributed by atoms with Gasteiger partial charge in [0.05, 0.1) is 12.3 Å². The highest BCUT2D eigenvalue weighted by Gasteiger charge is 2.12. The van der Waals surface area contributed by atoms with E-state index < -0.39 is 6.10 Å². The van der Waals surface area contributed by atoms with Crippen molar-refractivity contribution in [2.24, 2.45) is 0 Å². The second kappa shape index (κ2) is 6.60. The predicted molar refractivity (Wildman–Crippen MR) is 84.1 cm³/mol. The SMILES string of the molecule is Cc1ccc(-c2[nH]ncc2CNC[C@@H](O)c2ccccc2)o1. The molecule has 0 bridgehead atoms. The Kier molecular flexibility index (Phi) is 4.37. The smallest absolute Gasteiger partial charge is 0.152 e. The molecular formula is C17H19N3O2. The van der Waals surface area contributed by atoms with E-state index >= 15 is 0 Å². The molecule has 5 heteroatoms. The van der Waals surface area contributed by atoms with E-state index in [0.29, 0.717) is 13.1 Å². The number of hydrogen-bond acceptors (Lipinski definition) is 4. The van der Waals surface area contributed by atoms with Crippen LogP contribution in [0.5, 0.6) is 0 Å². The van der Waals surface area contributed by atoms with Crippen LogP contribution in [-0.2, 0) is 6.54 Å². The van der Waals surface area contributed by atoms with Gasteiger partial charge < -0.3 is 14.8 Å². The number of aryl methyl sites for hydroxylation is 1. The van der Waals surface area contributed by atoms with Crippen LogP contribution < -0.4 is 5.32 Å². The Morgan fingerprint density at radius 1 is 1.23 bits per heavy atom. The zero-order valence-corrected chi connectivity index (χ0v) is 12.4. The third-order valence-corrected chi connectivity index (χ3v) is 3.54. The summed E-state index contributed by atoms with van der Waals surface area (Å²) in [6.45, 7) is 3.00. The van der Waals surface area contributed by atoms with Crippen molar-refractivity contribution < 1.29 is 9.52 Å². The molecule has 0 amide bonds. The van der Waals surface area contributed by atoms with Crippen LogP contribution in [0, 0.1) is 6.92 Å². The number of hydrogen-bond donors (Lipinski definition) is 3. The minimum Gasteiger partial charge on any atom is -0.460 e. The summed E-state index contributed by atoms with van der Waals surface area (Å²) in [7, 11) is 0. The molecule has 2 aromatic heterocycles. The van der Waals surface area contributed by atoms with Crippen LogP contribution in [0.15, 0.2) is 53.1 Å². The number of aromatic amines is 1. The summed E-state index contributed by atoms with van der Waals surface area (Å²) in [5, 5.41) is 20.4. The van der Waals surface area contributed by atoms with Crippen molar-refractivity contribution in [2.75, 3.05) is 6.54 Å². The molecule has 0 saturated heterocycles. The van der Waals surface area contributed by atoms with Gasteiger partial charge in [0, 0.05) is 18.7 Å². The molecule has 3 aromatic rings. The Labute approximate surface area is 129 Å². The van der Waals surface area contributed by atoms with E-state index in [2.05, 4.69) is 15.5 Å². The first-order valence-corrected chi connectivity index (χ1v) is 7.27. The monoisotopic (exact) mass is 297 g/mol. The number of aliphatic hydroxyl groups excluding tert-OH is 1. The maximum absolute atomic E-state index is 10.1. The summed E-state index contributed by atoms with van der Waals surface area (Å²) in [5.41, 5.74) is 2.79. The van der Waals surface area contributed by atoms with E-state index in [1.54, 1.807) is 6.20 Å². The van der Waals surface area contributed by atoms with Crippen LogP contribution in [0.1, 0.15) is 23.0 Å². The van der Waals surface area contributed by atoms with Gasteiger partial charge in [0.1, 0.15) is 11.5 Å². The lowest BCUT2D eigenvalue weighted by molar-refractivity contribution is 0.174. The van der Waals surface area contributed by atoms with Crippen LogP contribution in [0.25, 0.3) is 11.5 Å². The molecule has 0 spiro atoms. The Hall–Kier alpha value is -2.37. The molecule has 0 aliphatic heterocycles. The second-order valence-corrected chi connectivity index (χ2v) is 5.24. The van der Waals surface area contributed by atoms with Crippen LogP contribution in [-0.4, -0.2) is 21.8 Å². The molecule has 22 heavy (non-hydrogen) atoms. The van der Waals surface area contributed by atoms with Crippen molar-refractivity contribution in [3.63, 3.8) is 0 Å². The molecule has 0 aliphatic rings. The normalized spacial score (nSPS) is 12.5. The summed E-state index contributed by atoms with van der Waals surface area (Å²) < 4.78 is 5.62. The molecule has 0 unspecified atom stereocenters. The average Bonchev–Trinajstić information content (AvgIpc) is 3.16. The molecule has 114 valence electrons. The van der Waals surface area contributed by atoms with Crippen LogP contribution >= 0.6 is 0 Å². The van der Waals surface area contributed by atoms with Crippen molar-refractivity contribution >= 4 is 0 Å². The summed E-state index contributed by atoms with van der Waals surface area (Å²) in [6.07, 6.45) is 1.25. The minimum absolute atomic E-state index is 0.478. The van der Waals surface area contributed by atoms with Gasteiger partial charge >= 0.3 is 0 Å². The highest BCUT2D eigenvalue weighted by atomic mass is 16.3. The summed E-state index contributed by atoms with van der Waals surface area (Å²) in [6, 6.07) is 13.5. The third-order valence-electron chi connectivity index (χ3n) is 3.54. The fourth-order valence-corrected chi connectivity index (χ4v) is 2.36. The summed E-state index contributed by atoms with van der Waals surface area (Å²) >= 11 is 0. The van der Waals surface area contributed by atoms with Gasteiger partial charge in [-0.25, -0.2) is 0 Å². The zero-order chi connectivity index (χ0) is 15.4. The number of benzene rings is 1. The fourth-order valence-electron chi connectivity index (χ4n) is 2.36. The van der Waals surface area contributed by atoms with Gasteiger partial charge in [-0.1, -0.05) is 30.3 Å².